The van der Waals surface area contributed by atoms with E-state index in [9.17, 15) is 26.3 Å². The van der Waals surface area contributed by atoms with Gasteiger partial charge in [-0.15, -0.1) is 0 Å². The number of benzene rings is 1. The SMILES string of the molecule is COc1c(OCC(F)(F)F)ccnc1CSc1nc2ccc(C(F)(F)F)cc2[nH]1. The lowest BCUT2D eigenvalue weighted by Crippen LogP contribution is -2.19. The Morgan fingerprint density at radius 2 is 1.86 bits per heavy atom. The average molecular weight is 437 g/mol. The largest absolute Gasteiger partial charge is 0.491 e. The van der Waals surface area contributed by atoms with Gasteiger partial charge in [0.2, 0.25) is 0 Å². The molecule has 0 spiro atoms. The van der Waals surface area contributed by atoms with Crippen molar-refractivity contribution >= 4 is 22.8 Å². The molecule has 0 saturated heterocycles. The summed E-state index contributed by atoms with van der Waals surface area (Å²) in [5.41, 5.74) is 0.0591. The molecule has 0 radical (unpaired) electrons. The van der Waals surface area contributed by atoms with Gasteiger partial charge < -0.3 is 14.5 Å². The molecule has 1 aromatic carbocycles. The number of nitrogens with one attached hydrogen (secondary N) is 1. The van der Waals surface area contributed by atoms with Crippen LogP contribution in [-0.4, -0.2) is 34.8 Å². The number of hydrogen-bond acceptors (Lipinski definition) is 5. The van der Waals surface area contributed by atoms with Crippen molar-refractivity contribution in [2.75, 3.05) is 13.7 Å². The number of H-pyrrole nitrogens is 1. The highest BCUT2D eigenvalue weighted by molar-refractivity contribution is 7.98. The smallest absolute Gasteiger partial charge is 0.422 e. The summed E-state index contributed by atoms with van der Waals surface area (Å²) in [6, 6.07) is 4.39. The number of rotatable bonds is 6. The Bertz CT molecular complexity index is 1000. The van der Waals surface area contributed by atoms with Gasteiger partial charge in [-0.25, -0.2) is 4.98 Å². The molecular formula is C17H13F6N3O2S. The Morgan fingerprint density at radius 1 is 1.10 bits per heavy atom. The molecule has 2 heterocycles. The van der Waals surface area contributed by atoms with Crippen LogP contribution in [0.4, 0.5) is 26.3 Å². The molecule has 0 atom stereocenters. The second kappa shape index (κ2) is 8.01. The number of halogens is 6. The summed E-state index contributed by atoms with van der Waals surface area (Å²) in [7, 11) is 1.27. The van der Waals surface area contributed by atoms with Crippen molar-refractivity contribution in [1.29, 1.82) is 0 Å². The first-order valence-corrected chi connectivity index (χ1v) is 8.96. The van der Waals surface area contributed by atoms with Gasteiger partial charge in [0.1, 0.15) is 0 Å². The van der Waals surface area contributed by atoms with Gasteiger partial charge in [0, 0.05) is 18.0 Å². The Balaban J connectivity index is 1.77. The lowest BCUT2D eigenvalue weighted by molar-refractivity contribution is -0.153. The van der Waals surface area contributed by atoms with Crippen LogP contribution in [0.3, 0.4) is 0 Å². The monoisotopic (exact) mass is 437 g/mol. The number of imidazole rings is 1. The summed E-state index contributed by atoms with van der Waals surface area (Å²) in [4.78, 5) is 11.0. The number of aromatic nitrogens is 3. The topological polar surface area (TPSA) is 60.0 Å². The van der Waals surface area contributed by atoms with E-state index < -0.39 is 24.5 Å². The molecular weight excluding hydrogens is 424 g/mol. The molecule has 0 amide bonds. The van der Waals surface area contributed by atoms with E-state index in [2.05, 4.69) is 15.0 Å². The molecule has 5 nitrogen and oxygen atoms in total. The highest BCUT2D eigenvalue weighted by Gasteiger charge is 2.31. The third-order valence-electron chi connectivity index (χ3n) is 3.67. The maximum Gasteiger partial charge on any atom is 0.422 e. The number of pyridine rings is 1. The second-order valence-corrected chi connectivity index (χ2v) is 6.72. The summed E-state index contributed by atoms with van der Waals surface area (Å²) in [5, 5.41) is 0.324. The molecule has 3 rings (SSSR count). The Hall–Kier alpha value is -2.63. The zero-order valence-corrected chi connectivity index (χ0v) is 15.5. The number of methoxy groups -OCH3 is 1. The van der Waals surface area contributed by atoms with E-state index in [4.69, 9.17) is 9.47 Å². The third kappa shape index (κ3) is 5.25. The minimum absolute atomic E-state index is 0.0414. The van der Waals surface area contributed by atoms with Crippen LogP contribution in [0.15, 0.2) is 35.6 Å². The Morgan fingerprint density at radius 3 is 2.52 bits per heavy atom. The van der Waals surface area contributed by atoms with Crippen LogP contribution in [0.1, 0.15) is 11.3 Å². The molecule has 29 heavy (non-hydrogen) atoms. The molecule has 156 valence electrons. The molecule has 12 heteroatoms. The van der Waals surface area contributed by atoms with Crippen LogP contribution in [0, 0.1) is 0 Å². The van der Waals surface area contributed by atoms with E-state index in [1.165, 1.54) is 25.4 Å². The molecule has 0 saturated carbocycles. The average Bonchev–Trinajstić information content (AvgIpc) is 3.05. The number of hydrogen-bond donors (Lipinski definition) is 1. The van der Waals surface area contributed by atoms with Crippen LogP contribution in [-0.2, 0) is 11.9 Å². The summed E-state index contributed by atoms with van der Waals surface area (Å²) in [6.45, 7) is -1.48. The van der Waals surface area contributed by atoms with Gasteiger partial charge in [0.25, 0.3) is 0 Å². The van der Waals surface area contributed by atoms with Crippen LogP contribution < -0.4 is 9.47 Å². The molecule has 3 aromatic rings. The van der Waals surface area contributed by atoms with Crippen LogP contribution in [0.25, 0.3) is 11.0 Å². The molecule has 0 aliphatic heterocycles. The van der Waals surface area contributed by atoms with Crippen molar-refractivity contribution in [2.45, 2.75) is 23.3 Å². The molecule has 0 bridgehead atoms. The van der Waals surface area contributed by atoms with Crippen molar-refractivity contribution in [3.8, 4) is 11.5 Å². The van der Waals surface area contributed by atoms with Crippen molar-refractivity contribution in [3.63, 3.8) is 0 Å². The van der Waals surface area contributed by atoms with Gasteiger partial charge in [0.05, 0.1) is 29.4 Å². The standard InChI is InChI=1S/C17H13F6N3O2S/c1-27-14-12(24-5-4-13(14)28-8-16(18,19)20)7-29-15-25-10-3-2-9(17(21,22)23)6-11(10)26-15/h2-6H,7-8H2,1H3,(H,25,26). The van der Waals surface area contributed by atoms with Gasteiger partial charge in [0.15, 0.2) is 23.3 Å². The minimum Gasteiger partial charge on any atom is -0.491 e. The fourth-order valence-corrected chi connectivity index (χ4v) is 3.26. The summed E-state index contributed by atoms with van der Waals surface area (Å²) < 4.78 is 85.4. The normalized spacial score (nSPS) is 12.4. The van der Waals surface area contributed by atoms with Crippen molar-refractivity contribution in [2.24, 2.45) is 0 Å². The maximum absolute atomic E-state index is 12.8. The third-order valence-corrected chi connectivity index (χ3v) is 4.56. The number of fused-ring (bicyclic) bond motifs is 1. The van der Waals surface area contributed by atoms with E-state index in [-0.39, 0.29) is 22.8 Å². The molecule has 0 aliphatic rings. The van der Waals surface area contributed by atoms with Gasteiger partial charge >= 0.3 is 12.4 Å². The lowest BCUT2D eigenvalue weighted by Gasteiger charge is -2.14. The quantitative estimate of drug-likeness (QED) is 0.423. The number of ether oxygens (including phenoxy) is 2. The number of alkyl halides is 6. The second-order valence-electron chi connectivity index (χ2n) is 5.75. The highest BCUT2D eigenvalue weighted by atomic mass is 32.2. The predicted octanol–water partition coefficient (Wildman–Crippen LogP) is 5.22. The van der Waals surface area contributed by atoms with E-state index in [1.54, 1.807) is 0 Å². The minimum atomic E-state index is -4.51. The van der Waals surface area contributed by atoms with Gasteiger partial charge in [-0.1, -0.05) is 11.8 Å². The van der Waals surface area contributed by atoms with E-state index in [1.807, 2.05) is 0 Å². The van der Waals surface area contributed by atoms with E-state index in [0.717, 1.165) is 23.9 Å². The Kier molecular flexibility index (Phi) is 5.82. The summed E-state index contributed by atoms with van der Waals surface area (Å²) in [5.74, 6) is 0.0628. The van der Waals surface area contributed by atoms with Crippen LogP contribution in [0.5, 0.6) is 11.5 Å². The number of nitrogens with zero attached hydrogens (tertiary/aromatic N) is 2. The zero-order valence-electron chi connectivity index (χ0n) is 14.7. The van der Waals surface area contributed by atoms with Crippen molar-refractivity contribution in [1.82, 2.24) is 15.0 Å². The van der Waals surface area contributed by atoms with Crippen LogP contribution >= 0.6 is 11.8 Å². The van der Waals surface area contributed by atoms with E-state index in [0.29, 0.717) is 16.4 Å². The first-order valence-electron chi connectivity index (χ1n) is 7.98. The fraction of sp³-hybridized carbons (Fsp3) is 0.294. The predicted molar refractivity (Wildman–Crippen MR) is 93.0 cm³/mol. The molecule has 0 aliphatic carbocycles. The van der Waals surface area contributed by atoms with Gasteiger partial charge in [-0.2, -0.15) is 26.3 Å². The number of aromatic amines is 1. The van der Waals surface area contributed by atoms with E-state index >= 15 is 0 Å². The van der Waals surface area contributed by atoms with Gasteiger partial charge in [-0.3, -0.25) is 4.98 Å². The lowest BCUT2D eigenvalue weighted by atomic mass is 10.2. The summed E-state index contributed by atoms with van der Waals surface area (Å²) in [6.07, 6.45) is -7.70. The number of thioether (sulfide) groups is 1. The maximum atomic E-state index is 12.8. The summed E-state index contributed by atoms with van der Waals surface area (Å²) >= 11 is 1.11. The molecule has 1 N–H and O–H groups in total. The first kappa shape index (κ1) is 21.1. The highest BCUT2D eigenvalue weighted by Crippen LogP contribution is 2.35. The van der Waals surface area contributed by atoms with Gasteiger partial charge in [-0.05, 0) is 18.2 Å². The molecule has 0 unspecified atom stereocenters. The zero-order chi connectivity index (χ0) is 21.2. The van der Waals surface area contributed by atoms with Crippen molar-refractivity contribution < 1.29 is 35.8 Å². The first-order chi connectivity index (χ1) is 13.6. The van der Waals surface area contributed by atoms with Crippen molar-refractivity contribution in [3.05, 3.63) is 41.7 Å². The fourth-order valence-electron chi connectivity index (χ4n) is 2.43. The molecule has 2 aromatic heterocycles. The van der Waals surface area contributed by atoms with Crippen LogP contribution in [0.2, 0.25) is 0 Å². The Labute approximate surface area is 164 Å². The molecule has 0 fully saturated rings.